The Labute approximate surface area is 130 Å². The molecule has 1 aromatic carbocycles. The second-order valence-corrected chi connectivity index (χ2v) is 7.39. The zero-order valence-corrected chi connectivity index (χ0v) is 14.2. The minimum atomic E-state index is 0.133. The van der Waals surface area contributed by atoms with E-state index < -0.39 is 0 Å². The van der Waals surface area contributed by atoms with Crippen molar-refractivity contribution in [1.29, 1.82) is 0 Å². The van der Waals surface area contributed by atoms with Crippen molar-refractivity contribution in [2.45, 2.75) is 70.8 Å². The number of hydrogen-bond acceptors (Lipinski definition) is 1. The first-order chi connectivity index (χ1) is 9.99. The Kier molecular flexibility index (Phi) is 5.27. The molecule has 0 amide bonds. The van der Waals surface area contributed by atoms with Crippen molar-refractivity contribution in [2.75, 3.05) is 6.54 Å². The standard InChI is InChI=1S/C20H31N/c1-5-6-9-14-20(15-10-11-16-21-20)18-13-8-7-12-17(18)19(2,3)4/h7-8,10-13,21H,5-6,9,14-16H2,1-4H3. The molecule has 1 unspecified atom stereocenters. The van der Waals surface area contributed by atoms with E-state index in [1.165, 1.54) is 36.8 Å². The van der Waals surface area contributed by atoms with Gasteiger partial charge >= 0.3 is 0 Å². The van der Waals surface area contributed by atoms with E-state index in [0.717, 1.165) is 13.0 Å². The lowest BCUT2D eigenvalue weighted by atomic mass is 9.73. The second-order valence-electron chi connectivity index (χ2n) is 7.39. The zero-order valence-electron chi connectivity index (χ0n) is 14.2. The summed E-state index contributed by atoms with van der Waals surface area (Å²) in [5.74, 6) is 0. The van der Waals surface area contributed by atoms with E-state index in [0.29, 0.717) is 0 Å². The summed E-state index contributed by atoms with van der Waals surface area (Å²) in [7, 11) is 0. The van der Waals surface area contributed by atoms with Gasteiger partial charge < -0.3 is 5.32 Å². The van der Waals surface area contributed by atoms with Gasteiger partial charge in [-0.05, 0) is 29.4 Å². The fourth-order valence-electron chi connectivity index (χ4n) is 3.46. The lowest BCUT2D eigenvalue weighted by Gasteiger charge is -2.40. The van der Waals surface area contributed by atoms with Crippen molar-refractivity contribution in [1.82, 2.24) is 5.32 Å². The van der Waals surface area contributed by atoms with Crippen LogP contribution in [0.2, 0.25) is 0 Å². The van der Waals surface area contributed by atoms with Crippen LogP contribution in [0.4, 0.5) is 0 Å². The molecule has 1 aromatic rings. The molecule has 0 aromatic heterocycles. The van der Waals surface area contributed by atoms with Crippen LogP contribution in [0.25, 0.3) is 0 Å². The monoisotopic (exact) mass is 285 g/mol. The molecule has 0 saturated heterocycles. The number of nitrogens with one attached hydrogen (secondary N) is 1. The lowest BCUT2D eigenvalue weighted by Crippen LogP contribution is -2.45. The first-order valence-electron chi connectivity index (χ1n) is 8.49. The van der Waals surface area contributed by atoms with Crippen LogP contribution in [0.3, 0.4) is 0 Å². The number of benzene rings is 1. The SMILES string of the molecule is CCCCCC1(c2ccccc2C(C)(C)C)CC=CCN1. The summed E-state index contributed by atoms with van der Waals surface area (Å²) < 4.78 is 0. The highest BCUT2D eigenvalue weighted by atomic mass is 15.0. The average Bonchev–Trinajstić information content (AvgIpc) is 2.48. The summed E-state index contributed by atoms with van der Waals surface area (Å²) in [5, 5.41) is 3.83. The number of rotatable bonds is 5. The van der Waals surface area contributed by atoms with Crippen molar-refractivity contribution < 1.29 is 0 Å². The predicted molar refractivity (Wildman–Crippen MR) is 92.7 cm³/mol. The van der Waals surface area contributed by atoms with Crippen molar-refractivity contribution in [3.05, 3.63) is 47.5 Å². The molecule has 0 fully saturated rings. The molecule has 0 radical (unpaired) electrons. The second kappa shape index (κ2) is 6.79. The highest BCUT2D eigenvalue weighted by molar-refractivity contribution is 5.39. The third-order valence-corrected chi connectivity index (χ3v) is 4.65. The molecule has 0 bridgehead atoms. The molecular formula is C20H31N. The maximum Gasteiger partial charge on any atom is 0.0474 e. The summed E-state index contributed by atoms with van der Waals surface area (Å²) in [4.78, 5) is 0. The van der Waals surface area contributed by atoms with Gasteiger partial charge in [0.2, 0.25) is 0 Å². The summed E-state index contributed by atoms with van der Waals surface area (Å²) in [6, 6.07) is 9.05. The van der Waals surface area contributed by atoms with Gasteiger partial charge in [0.25, 0.3) is 0 Å². The van der Waals surface area contributed by atoms with Crippen LogP contribution in [0.5, 0.6) is 0 Å². The Hall–Kier alpha value is -1.08. The minimum absolute atomic E-state index is 0.133. The Morgan fingerprint density at radius 2 is 1.86 bits per heavy atom. The molecule has 0 saturated carbocycles. The Bertz CT molecular complexity index is 481. The fourth-order valence-corrected chi connectivity index (χ4v) is 3.46. The van der Waals surface area contributed by atoms with E-state index in [4.69, 9.17) is 0 Å². The molecule has 1 aliphatic heterocycles. The van der Waals surface area contributed by atoms with Crippen LogP contribution in [-0.4, -0.2) is 6.54 Å². The number of hydrogen-bond donors (Lipinski definition) is 1. The Morgan fingerprint density at radius 1 is 1.10 bits per heavy atom. The molecule has 116 valence electrons. The van der Waals surface area contributed by atoms with E-state index in [2.05, 4.69) is 69.4 Å². The minimum Gasteiger partial charge on any atom is -0.304 e. The van der Waals surface area contributed by atoms with Crippen LogP contribution in [0.15, 0.2) is 36.4 Å². The summed E-state index contributed by atoms with van der Waals surface area (Å²) in [5.41, 5.74) is 3.33. The van der Waals surface area contributed by atoms with Gasteiger partial charge in [-0.25, -0.2) is 0 Å². The van der Waals surface area contributed by atoms with Crippen molar-refractivity contribution in [3.63, 3.8) is 0 Å². The Balaban J connectivity index is 2.39. The maximum absolute atomic E-state index is 3.83. The van der Waals surface area contributed by atoms with Gasteiger partial charge in [0.1, 0.15) is 0 Å². The summed E-state index contributed by atoms with van der Waals surface area (Å²) >= 11 is 0. The molecule has 1 nitrogen and oxygen atoms in total. The van der Waals surface area contributed by atoms with Crippen molar-refractivity contribution >= 4 is 0 Å². The highest BCUT2D eigenvalue weighted by Crippen LogP contribution is 2.39. The van der Waals surface area contributed by atoms with Crippen molar-refractivity contribution in [2.24, 2.45) is 0 Å². The van der Waals surface area contributed by atoms with E-state index >= 15 is 0 Å². The van der Waals surface area contributed by atoms with Gasteiger partial charge in [-0.15, -0.1) is 0 Å². The molecule has 1 heterocycles. The van der Waals surface area contributed by atoms with Crippen LogP contribution in [0.1, 0.15) is 70.9 Å². The predicted octanol–water partition coefficient (Wildman–Crippen LogP) is 5.31. The third kappa shape index (κ3) is 3.77. The summed E-state index contributed by atoms with van der Waals surface area (Å²) in [6.45, 7) is 10.2. The van der Waals surface area contributed by atoms with Gasteiger partial charge in [0, 0.05) is 12.1 Å². The molecule has 1 N–H and O–H groups in total. The van der Waals surface area contributed by atoms with Gasteiger partial charge in [0.15, 0.2) is 0 Å². The molecule has 0 spiro atoms. The van der Waals surface area contributed by atoms with E-state index in [9.17, 15) is 0 Å². The lowest BCUT2D eigenvalue weighted by molar-refractivity contribution is 0.296. The van der Waals surface area contributed by atoms with Crippen molar-refractivity contribution in [3.8, 4) is 0 Å². The van der Waals surface area contributed by atoms with Crippen LogP contribution in [0, 0.1) is 0 Å². The topological polar surface area (TPSA) is 12.0 Å². The van der Waals surface area contributed by atoms with E-state index in [-0.39, 0.29) is 11.0 Å². The van der Waals surface area contributed by atoms with E-state index in [1.807, 2.05) is 0 Å². The van der Waals surface area contributed by atoms with Crippen LogP contribution >= 0.6 is 0 Å². The largest absolute Gasteiger partial charge is 0.304 e. The van der Waals surface area contributed by atoms with Crippen LogP contribution < -0.4 is 5.32 Å². The molecule has 1 aliphatic rings. The zero-order chi connectivity index (χ0) is 15.3. The molecule has 1 heteroatoms. The quantitative estimate of drug-likeness (QED) is 0.571. The normalized spacial score (nSPS) is 22.5. The first kappa shape index (κ1) is 16.3. The third-order valence-electron chi connectivity index (χ3n) is 4.65. The fraction of sp³-hybridized carbons (Fsp3) is 0.600. The van der Waals surface area contributed by atoms with E-state index in [1.54, 1.807) is 0 Å². The van der Waals surface area contributed by atoms with Gasteiger partial charge in [-0.1, -0.05) is 83.4 Å². The molecule has 21 heavy (non-hydrogen) atoms. The highest BCUT2D eigenvalue weighted by Gasteiger charge is 2.35. The molecule has 0 aliphatic carbocycles. The molecular weight excluding hydrogens is 254 g/mol. The average molecular weight is 285 g/mol. The van der Waals surface area contributed by atoms with Gasteiger partial charge in [-0.3, -0.25) is 0 Å². The first-order valence-corrected chi connectivity index (χ1v) is 8.49. The maximum atomic E-state index is 3.83. The smallest absolute Gasteiger partial charge is 0.0474 e. The van der Waals surface area contributed by atoms with Gasteiger partial charge in [-0.2, -0.15) is 0 Å². The number of unbranched alkanes of at least 4 members (excludes halogenated alkanes) is 2. The van der Waals surface area contributed by atoms with Crippen LogP contribution in [-0.2, 0) is 11.0 Å². The Morgan fingerprint density at radius 3 is 2.48 bits per heavy atom. The molecule has 2 rings (SSSR count). The molecule has 1 atom stereocenters. The van der Waals surface area contributed by atoms with Gasteiger partial charge in [0.05, 0.1) is 0 Å². The summed E-state index contributed by atoms with van der Waals surface area (Å²) in [6.07, 6.45) is 10.9.